The molecule has 1 aliphatic heterocycles. The van der Waals surface area contributed by atoms with Crippen molar-refractivity contribution in [1.29, 1.82) is 0 Å². The summed E-state index contributed by atoms with van der Waals surface area (Å²) in [7, 11) is -1.77. The molecule has 182 valence electrons. The van der Waals surface area contributed by atoms with Crippen molar-refractivity contribution in [3.8, 4) is 0 Å². The standard InChI is InChI=1S/C25H30ClN3O3S2/c1-18-17-33-25(27-2)29(18)13-12-28-11-4-3-5-23(28)24(30)10-14-34(31,32)22-9-7-19-15-21(26)8-6-20(19)16-22/h6-9,15-17,23H,3-5,10-14H2,1-2H3. The summed E-state index contributed by atoms with van der Waals surface area (Å²) < 4.78 is 28.2. The summed E-state index contributed by atoms with van der Waals surface area (Å²) >= 11 is 7.64. The zero-order chi connectivity index (χ0) is 24.3. The van der Waals surface area contributed by atoms with Gasteiger partial charge in [0, 0.05) is 42.7 Å². The summed E-state index contributed by atoms with van der Waals surface area (Å²) in [5.41, 5.74) is 1.16. The molecule has 1 aliphatic rings. The number of aromatic nitrogens is 1. The van der Waals surface area contributed by atoms with E-state index in [1.54, 1.807) is 42.6 Å². The van der Waals surface area contributed by atoms with Crippen molar-refractivity contribution in [2.45, 2.75) is 50.1 Å². The van der Waals surface area contributed by atoms with Crippen LogP contribution in [0.1, 0.15) is 31.4 Å². The van der Waals surface area contributed by atoms with Crippen molar-refractivity contribution in [2.75, 3.05) is 25.9 Å². The van der Waals surface area contributed by atoms with E-state index in [1.807, 2.05) is 12.1 Å². The molecule has 1 saturated heterocycles. The van der Waals surface area contributed by atoms with Gasteiger partial charge in [-0.25, -0.2) is 8.42 Å². The number of rotatable bonds is 8. The molecule has 4 rings (SSSR count). The molecular weight excluding hydrogens is 490 g/mol. The molecule has 6 nitrogen and oxygen atoms in total. The Morgan fingerprint density at radius 2 is 1.91 bits per heavy atom. The van der Waals surface area contributed by atoms with Gasteiger partial charge in [-0.1, -0.05) is 30.2 Å². The van der Waals surface area contributed by atoms with Gasteiger partial charge in [-0.15, -0.1) is 11.3 Å². The fraction of sp³-hybridized carbons (Fsp3) is 0.440. The van der Waals surface area contributed by atoms with Crippen LogP contribution in [0.5, 0.6) is 0 Å². The average Bonchev–Trinajstić information content (AvgIpc) is 3.20. The lowest BCUT2D eigenvalue weighted by Crippen LogP contribution is -2.46. The Kier molecular flexibility index (Phi) is 7.92. The average molecular weight is 520 g/mol. The first kappa shape index (κ1) is 25.1. The van der Waals surface area contributed by atoms with Crippen LogP contribution in [-0.2, 0) is 21.2 Å². The van der Waals surface area contributed by atoms with E-state index in [1.165, 1.54) is 0 Å². The molecule has 0 N–H and O–H groups in total. The molecule has 1 unspecified atom stereocenters. The number of Topliss-reactive ketones (excluding diaryl/α,β-unsaturated/α-hetero) is 1. The second kappa shape index (κ2) is 10.7. The third kappa shape index (κ3) is 5.62. The molecule has 0 spiro atoms. The second-order valence-electron chi connectivity index (χ2n) is 8.77. The second-order valence-corrected chi connectivity index (χ2v) is 12.2. The van der Waals surface area contributed by atoms with Crippen LogP contribution in [0.4, 0.5) is 0 Å². The molecule has 0 radical (unpaired) electrons. The zero-order valence-corrected chi connectivity index (χ0v) is 21.9. The van der Waals surface area contributed by atoms with E-state index in [4.69, 9.17) is 11.6 Å². The predicted octanol–water partition coefficient (Wildman–Crippen LogP) is 4.48. The number of halogens is 1. The van der Waals surface area contributed by atoms with Gasteiger partial charge in [0.05, 0.1) is 16.7 Å². The maximum Gasteiger partial charge on any atom is 0.184 e. The van der Waals surface area contributed by atoms with Gasteiger partial charge in [0.1, 0.15) is 0 Å². The van der Waals surface area contributed by atoms with Crippen LogP contribution >= 0.6 is 22.9 Å². The SMILES string of the molecule is CN=c1scc(C)n1CCN1CCCCC1C(=O)CCS(=O)(=O)c1ccc2cc(Cl)ccc2c1. The number of hydrogen-bond donors (Lipinski definition) is 0. The Morgan fingerprint density at radius 3 is 2.71 bits per heavy atom. The van der Waals surface area contributed by atoms with E-state index in [2.05, 4.69) is 26.8 Å². The molecule has 9 heteroatoms. The molecule has 1 atom stereocenters. The molecule has 0 amide bonds. The highest BCUT2D eigenvalue weighted by atomic mass is 35.5. The molecule has 1 aromatic heterocycles. The maximum absolute atomic E-state index is 13.1. The van der Waals surface area contributed by atoms with Crippen LogP contribution in [0.25, 0.3) is 10.8 Å². The van der Waals surface area contributed by atoms with Crippen molar-refractivity contribution >= 4 is 49.3 Å². The fourth-order valence-electron chi connectivity index (χ4n) is 4.62. The van der Waals surface area contributed by atoms with Gasteiger partial charge < -0.3 is 4.57 Å². The molecule has 2 heterocycles. The van der Waals surface area contributed by atoms with E-state index >= 15 is 0 Å². The van der Waals surface area contributed by atoms with Gasteiger partial charge in [0.2, 0.25) is 0 Å². The number of benzene rings is 2. The summed E-state index contributed by atoms with van der Waals surface area (Å²) in [6, 6.07) is 10.2. The number of carbonyl (C=O) groups is 1. The van der Waals surface area contributed by atoms with Crippen molar-refractivity contribution in [2.24, 2.45) is 4.99 Å². The van der Waals surface area contributed by atoms with E-state index in [-0.39, 0.29) is 28.9 Å². The quantitative estimate of drug-likeness (QED) is 0.440. The molecule has 3 aromatic rings. The normalized spacial score (nSPS) is 18.0. The lowest BCUT2D eigenvalue weighted by atomic mass is 9.97. The molecule has 0 saturated carbocycles. The van der Waals surface area contributed by atoms with Gasteiger partial charge in [-0.2, -0.15) is 0 Å². The smallest absolute Gasteiger partial charge is 0.184 e. The molecular formula is C25H30ClN3O3S2. The number of thiazole rings is 1. The van der Waals surface area contributed by atoms with Crippen LogP contribution < -0.4 is 4.80 Å². The first-order chi connectivity index (χ1) is 16.3. The van der Waals surface area contributed by atoms with E-state index in [9.17, 15) is 13.2 Å². The lowest BCUT2D eigenvalue weighted by Gasteiger charge is -2.34. The molecule has 0 aliphatic carbocycles. The van der Waals surface area contributed by atoms with E-state index in [0.29, 0.717) is 5.02 Å². The summed E-state index contributed by atoms with van der Waals surface area (Å²) in [5.74, 6) is -0.157. The number of ketones is 1. The topological polar surface area (TPSA) is 71.7 Å². The van der Waals surface area contributed by atoms with Crippen LogP contribution in [0.3, 0.4) is 0 Å². The summed E-state index contributed by atoms with van der Waals surface area (Å²) in [5, 5.41) is 4.40. The van der Waals surface area contributed by atoms with Crippen LogP contribution in [-0.4, -0.2) is 55.6 Å². The van der Waals surface area contributed by atoms with Crippen molar-refractivity contribution in [1.82, 2.24) is 9.47 Å². The number of piperidine rings is 1. The number of fused-ring (bicyclic) bond motifs is 1. The summed E-state index contributed by atoms with van der Waals surface area (Å²) in [6.07, 6.45) is 2.87. The molecule has 34 heavy (non-hydrogen) atoms. The number of aryl methyl sites for hydroxylation is 1. The summed E-state index contributed by atoms with van der Waals surface area (Å²) in [6.45, 7) is 4.45. The van der Waals surface area contributed by atoms with Gasteiger partial charge in [-0.05, 0) is 61.3 Å². The maximum atomic E-state index is 13.1. The monoisotopic (exact) mass is 519 g/mol. The highest BCUT2D eigenvalue weighted by Crippen LogP contribution is 2.24. The Balaban J connectivity index is 1.42. The molecule has 0 bridgehead atoms. The number of carbonyl (C=O) groups excluding carboxylic acids is 1. The third-order valence-electron chi connectivity index (χ3n) is 6.53. The van der Waals surface area contributed by atoms with Crippen LogP contribution in [0.2, 0.25) is 5.02 Å². The minimum absolute atomic E-state index is 0.0169. The van der Waals surface area contributed by atoms with Gasteiger partial charge in [0.15, 0.2) is 20.4 Å². The Hall–Kier alpha value is -2.00. The van der Waals surface area contributed by atoms with Gasteiger partial charge in [0.25, 0.3) is 0 Å². The Bertz CT molecular complexity index is 1360. The molecule has 2 aromatic carbocycles. The van der Waals surface area contributed by atoms with Crippen LogP contribution in [0.15, 0.2) is 51.7 Å². The minimum Gasteiger partial charge on any atom is -0.320 e. The highest BCUT2D eigenvalue weighted by Gasteiger charge is 2.29. The van der Waals surface area contributed by atoms with Crippen molar-refractivity contribution in [3.63, 3.8) is 0 Å². The van der Waals surface area contributed by atoms with Gasteiger partial charge >= 0.3 is 0 Å². The van der Waals surface area contributed by atoms with Crippen LogP contribution in [0, 0.1) is 6.92 Å². The molecule has 1 fully saturated rings. The Labute approximate surface area is 209 Å². The van der Waals surface area contributed by atoms with E-state index < -0.39 is 9.84 Å². The number of sulfone groups is 1. The fourth-order valence-corrected chi connectivity index (χ4v) is 6.96. The first-order valence-corrected chi connectivity index (χ1v) is 14.5. The largest absolute Gasteiger partial charge is 0.320 e. The van der Waals surface area contributed by atoms with Crippen molar-refractivity contribution in [3.05, 3.63) is 57.3 Å². The van der Waals surface area contributed by atoms with Crippen molar-refractivity contribution < 1.29 is 13.2 Å². The first-order valence-electron chi connectivity index (χ1n) is 11.5. The van der Waals surface area contributed by atoms with E-state index in [0.717, 1.165) is 60.2 Å². The third-order valence-corrected chi connectivity index (χ3v) is 9.55. The predicted molar refractivity (Wildman–Crippen MR) is 138 cm³/mol. The Morgan fingerprint density at radius 1 is 1.15 bits per heavy atom. The zero-order valence-electron chi connectivity index (χ0n) is 19.5. The number of hydrogen-bond acceptors (Lipinski definition) is 6. The summed E-state index contributed by atoms with van der Waals surface area (Å²) in [4.78, 5) is 20.9. The number of likely N-dealkylation sites (tertiary alicyclic amines) is 1. The van der Waals surface area contributed by atoms with Gasteiger partial charge in [-0.3, -0.25) is 14.7 Å². The highest BCUT2D eigenvalue weighted by molar-refractivity contribution is 7.91. The number of nitrogens with zero attached hydrogens (tertiary/aromatic N) is 3. The lowest BCUT2D eigenvalue weighted by molar-refractivity contribution is -0.125. The minimum atomic E-state index is -3.56.